The van der Waals surface area contributed by atoms with E-state index in [1.807, 2.05) is 31.2 Å². The van der Waals surface area contributed by atoms with Crippen LogP contribution in [-0.2, 0) is 4.74 Å². The molecule has 25 heavy (non-hydrogen) atoms. The summed E-state index contributed by atoms with van der Waals surface area (Å²) in [6.45, 7) is 3.82. The van der Waals surface area contributed by atoms with Crippen LogP contribution in [0, 0.1) is 0 Å². The zero-order valence-electron chi connectivity index (χ0n) is 14.4. The monoisotopic (exact) mass is 341 g/mol. The minimum absolute atomic E-state index is 0.179. The first-order valence-corrected chi connectivity index (χ1v) is 8.64. The summed E-state index contributed by atoms with van der Waals surface area (Å²) < 4.78 is 16.8. The van der Waals surface area contributed by atoms with E-state index >= 15 is 0 Å². The van der Waals surface area contributed by atoms with Gasteiger partial charge in [-0.1, -0.05) is 12.1 Å². The molecule has 5 heteroatoms. The van der Waals surface area contributed by atoms with Gasteiger partial charge in [0.2, 0.25) is 0 Å². The van der Waals surface area contributed by atoms with Crippen molar-refractivity contribution in [3.05, 3.63) is 54.1 Å². The van der Waals surface area contributed by atoms with E-state index in [4.69, 9.17) is 14.2 Å². The Morgan fingerprint density at radius 3 is 2.68 bits per heavy atom. The van der Waals surface area contributed by atoms with Gasteiger partial charge in [-0.3, -0.25) is 4.79 Å². The molecule has 1 N–H and O–H groups in total. The molecule has 0 aromatic heterocycles. The molecule has 2 aromatic rings. The van der Waals surface area contributed by atoms with Crippen molar-refractivity contribution in [3.63, 3.8) is 0 Å². The van der Waals surface area contributed by atoms with Crippen LogP contribution in [0.15, 0.2) is 48.5 Å². The zero-order valence-corrected chi connectivity index (χ0v) is 14.4. The van der Waals surface area contributed by atoms with Gasteiger partial charge >= 0.3 is 0 Å². The lowest BCUT2D eigenvalue weighted by Crippen LogP contribution is -2.16. The fourth-order valence-electron chi connectivity index (χ4n) is 2.71. The summed E-state index contributed by atoms with van der Waals surface area (Å²) in [5.74, 6) is 1.22. The summed E-state index contributed by atoms with van der Waals surface area (Å²) in [7, 11) is 0. The van der Waals surface area contributed by atoms with Crippen LogP contribution in [0.2, 0.25) is 0 Å². The molecular formula is C20H23NO4. The van der Waals surface area contributed by atoms with Gasteiger partial charge in [0.1, 0.15) is 18.1 Å². The van der Waals surface area contributed by atoms with Crippen LogP contribution in [0.4, 0.5) is 5.69 Å². The molecule has 1 atom stereocenters. The Hall–Kier alpha value is -2.53. The molecule has 1 fully saturated rings. The first-order valence-electron chi connectivity index (χ1n) is 8.64. The lowest BCUT2D eigenvalue weighted by molar-refractivity contribution is 0.0679. The van der Waals surface area contributed by atoms with Gasteiger partial charge in [-0.15, -0.1) is 0 Å². The number of nitrogens with one attached hydrogen (secondary N) is 1. The van der Waals surface area contributed by atoms with Crippen LogP contribution in [0.5, 0.6) is 11.5 Å². The molecule has 1 heterocycles. The van der Waals surface area contributed by atoms with E-state index in [-0.39, 0.29) is 12.0 Å². The number of hydrogen-bond acceptors (Lipinski definition) is 4. The lowest BCUT2D eigenvalue weighted by Gasteiger charge is -2.13. The molecule has 0 radical (unpaired) electrons. The Labute approximate surface area is 147 Å². The largest absolute Gasteiger partial charge is 0.492 e. The summed E-state index contributed by atoms with van der Waals surface area (Å²) in [4.78, 5) is 12.4. The third kappa shape index (κ3) is 4.73. The first-order chi connectivity index (χ1) is 12.3. The molecule has 0 spiro atoms. The van der Waals surface area contributed by atoms with Gasteiger partial charge in [0, 0.05) is 12.2 Å². The smallest absolute Gasteiger partial charge is 0.255 e. The maximum absolute atomic E-state index is 12.4. The number of amides is 1. The normalized spacial score (nSPS) is 16.4. The van der Waals surface area contributed by atoms with E-state index < -0.39 is 0 Å². The van der Waals surface area contributed by atoms with Gasteiger partial charge in [0.05, 0.1) is 18.4 Å². The number of rotatable bonds is 7. The third-order valence-corrected chi connectivity index (χ3v) is 4.01. The second-order valence-electron chi connectivity index (χ2n) is 5.85. The van der Waals surface area contributed by atoms with Crippen molar-refractivity contribution < 1.29 is 19.0 Å². The van der Waals surface area contributed by atoms with Gasteiger partial charge in [0.25, 0.3) is 5.91 Å². The Morgan fingerprint density at radius 1 is 1.16 bits per heavy atom. The van der Waals surface area contributed by atoms with Gasteiger partial charge in [-0.2, -0.15) is 0 Å². The van der Waals surface area contributed by atoms with E-state index in [1.54, 1.807) is 24.3 Å². The summed E-state index contributed by atoms with van der Waals surface area (Å²) in [5.41, 5.74) is 1.23. The van der Waals surface area contributed by atoms with Crippen LogP contribution < -0.4 is 14.8 Å². The number of hydrogen-bond donors (Lipinski definition) is 1. The maximum atomic E-state index is 12.4. The minimum Gasteiger partial charge on any atom is -0.492 e. The fourth-order valence-corrected chi connectivity index (χ4v) is 2.71. The van der Waals surface area contributed by atoms with Crippen molar-refractivity contribution in [1.82, 2.24) is 0 Å². The zero-order chi connectivity index (χ0) is 17.5. The molecule has 132 valence electrons. The minimum atomic E-state index is -0.183. The molecule has 1 amide bonds. The summed E-state index contributed by atoms with van der Waals surface area (Å²) in [6, 6.07) is 14.5. The molecule has 3 rings (SSSR count). The molecular weight excluding hydrogens is 318 g/mol. The molecule has 0 saturated carbocycles. The fraction of sp³-hybridized carbons (Fsp3) is 0.350. The van der Waals surface area contributed by atoms with E-state index in [2.05, 4.69) is 5.32 Å². The molecule has 1 aliphatic rings. The SMILES string of the molecule is CCOc1ccccc1NC(=O)c1ccc(OC[C@H]2CCCO2)cc1. The topological polar surface area (TPSA) is 56.8 Å². The van der Waals surface area contributed by atoms with Crippen LogP contribution in [0.25, 0.3) is 0 Å². The predicted octanol–water partition coefficient (Wildman–Crippen LogP) is 3.90. The molecule has 5 nitrogen and oxygen atoms in total. The van der Waals surface area contributed by atoms with Gasteiger partial charge < -0.3 is 19.5 Å². The average Bonchev–Trinajstić information content (AvgIpc) is 3.16. The van der Waals surface area contributed by atoms with E-state index in [1.165, 1.54) is 0 Å². The Bertz CT molecular complexity index is 693. The standard InChI is InChI=1S/C20H23NO4/c1-2-23-19-8-4-3-7-18(19)21-20(22)15-9-11-16(12-10-15)25-14-17-6-5-13-24-17/h3-4,7-12,17H,2,5-6,13-14H2,1H3,(H,21,22)/t17-/m1/s1. The molecule has 0 bridgehead atoms. The van der Waals surface area contributed by atoms with E-state index in [0.717, 1.165) is 25.2 Å². The van der Waals surface area contributed by atoms with Crippen LogP contribution in [0.1, 0.15) is 30.1 Å². The first kappa shape index (κ1) is 17.3. The van der Waals surface area contributed by atoms with Crippen molar-refractivity contribution >= 4 is 11.6 Å². The number of benzene rings is 2. The maximum Gasteiger partial charge on any atom is 0.255 e. The van der Waals surface area contributed by atoms with Gasteiger partial charge in [-0.25, -0.2) is 0 Å². The van der Waals surface area contributed by atoms with E-state index in [0.29, 0.717) is 30.2 Å². The highest BCUT2D eigenvalue weighted by Crippen LogP contribution is 2.24. The molecule has 1 saturated heterocycles. The van der Waals surface area contributed by atoms with Crippen molar-refractivity contribution in [3.8, 4) is 11.5 Å². The average molecular weight is 341 g/mol. The van der Waals surface area contributed by atoms with Crippen LogP contribution in [0.3, 0.4) is 0 Å². The summed E-state index contributed by atoms with van der Waals surface area (Å²) in [6.07, 6.45) is 2.31. The van der Waals surface area contributed by atoms with Crippen LogP contribution in [-0.4, -0.2) is 31.8 Å². The third-order valence-electron chi connectivity index (χ3n) is 4.01. The number of carbonyl (C=O) groups is 1. The Balaban J connectivity index is 1.59. The molecule has 0 unspecified atom stereocenters. The van der Waals surface area contributed by atoms with Gasteiger partial charge in [0.15, 0.2) is 0 Å². The summed E-state index contributed by atoms with van der Waals surface area (Å²) in [5, 5.41) is 2.88. The van der Waals surface area contributed by atoms with Gasteiger partial charge in [-0.05, 0) is 56.2 Å². The van der Waals surface area contributed by atoms with Crippen molar-refractivity contribution in [2.24, 2.45) is 0 Å². The highest BCUT2D eigenvalue weighted by Gasteiger charge is 2.16. The molecule has 1 aliphatic heterocycles. The number of para-hydroxylation sites is 2. The second kappa shape index (κ2) is 8.53. The Morgan fingerprint density at radius 2 is 1.96 bits per heavy atom. The second-order valence-corrected chi connectivity index (χ2v) is 5.85. The number of ether oxygens (including phenoxy) is 3. The quantitative estimate of drug-likeness (QED) is 0.830. The highest BCUT2D eigenvalue weighted by molar-refractivity contribution is 6.05. The number of anilines is 1. The lowest BCUT2D eigenvalue weighted by atomic mass is 10.2. The molecule has 2 aromatic carbocycles. The summed E-state index contributed by atoms with van der Waals surface area (Å²) >= 11 is 0. The molecule has 0 aliphatic carbocycles. The van der Waals surface area contributed by atoms with Crippen molar-refractivity contribution in [1.29, 1.82) is 0 Å². The number of carbonyl (C=O) groups excluding carboxylic acids is 1. The van der Waals surface area contributed by atoms with Crippen molar-refractivity contribution in [2.75, 3.05) is 25.1 Å². The van der Waals surface area contributed by atoms with E-state index in [9.17, 15) is 4.79 Å². The van der Waals surface area contributed by atoms with Crippen molar-refractivity contribution in [2.45, 2.75) is 25.9 Å². The Kier molecular flexibility index (Phi) is 5.90. The van der Waals surface area contributed by atoms with Crippen LogP contribution >= 0.6 is 0 Å². The predicted molar refractivity (Wildman–Crippen MR) is 96.5 cm³/mol. The highest BCUT2D eigenvalue weighted by atomic mass is 16.5.